The molecule has 24 heavy (non-hydrogen) atoms. The molecule has 0 atom stereocenters. The summed E-state index contributed by atoms with van der Waals surface area (Å²) in [7, 11) is 0. The number of aryl methyl sites for hydroxylation is 1. The number of nitrogens with one attached hydrogen (secondary N) is 2. The van der Waals surface area contributed by atoms with E-state index in [9.17, 15) is 4.39 Å². The van der Waals surface area contributed by atoms with Gasteiger partial charge in [-0.3, -0.25) is 0 Å². The van der Waals surface area contributed by atoms with Gasteiger partial charge in [0.25, 0.3) is 0 Å². The van der Waals surface area contributed by atoms with Gasteiger partial charge in [0, 0.05) is 11.4 Å². The summed E-state index contributed by atoms with van der Waals surface area (Å²) in [6, 6.07) is 14.0. The number of rotatable bonds is 5. The second kappa shape index (κ2) is 6.95. The van der Waals surface area contributed by atoms with Crippen molar-refractivity contribution >= 4 is 28.7 Å². The van der Waals surface area contributed by atoms with Gasteiger partial charge in [0.2, 0.25) is 0 Å². The number of anilines is 5. The van der Waals surface area contributed by atoms with Crippen molar-refractivity contribution in [3.05, 3.63) is 66.2 Å². The highest BCUT2D eigenvalue weighted by Gasteiger charge is 2.09. The van der Waals surface area contributed by atoms with Gasteiger partial charge in [-0.15, -0.1) is 0 Å². The maximum Gasteiger partial charge on any atom is 0.159 e. The van der Waals surface area contributed by atoms with E-state index in [0.717, 1.165) is 12.1 Å². The summed E-state index contributed by atoms with van der Waals surface area (Å²) in [4.78, 5) is 8.33. The van der Waals surface area contributed by atoms with Crippen LogP contribution in [0.15, 0.2) is 54.9 Å². The third kappa shape index (κ3) is 3.60. The van der Waals surface area contributed by atoms with Crippen LogP contribution in [0.5, 0.6) is 0 Å². The molecule has 0 unspecified atom stereocenters. The Labute approximate surface area is 139 Å². The smallest absolute Gasteiger partial charge is 0.159 e. The largest absolute Gasteiger partial charge is 0.393 e. The van der Waals surface area contributed by atoms with Crippen LogP contribution in [0.25, 0.3) is 0 Å². The van der Waals surface area contributed by atoms with Crippen LogP contribution in [0.1, 0.15) is 12.5 Å². The van der Waals surface area contributed by atoms with Crippen LogP contribution >= 0.6 is 0 Å². The molecule has 0 radical (unpaired) electrons. The maximum atomic E-state index is 13.0. The minimum Gasteiger partial charge on any atom is -0.393 e. The number of halogens is 1. The summed E-state index contributed by atoms with van der Waals surface area (Å²) in [5.74, 6) is 0.678. The third-order valence-corrected chi connectivity index (χ3v) is 3.62. The minimum atomic E-state index is -0.297. The molecule has 5 nitrogen and oxygen atoms in total. The van der Waals surface area contributed by atoms with Gasteiger partial charge in [0.15, 0.2) is 11.6 Å². The molecular formula is C18H18FN5. The van der Waals surface area contributed by atoms with Gasteiger partial charge >= 0.3 is 0 Å². The van der Waals surface area contributed by atoms with E-state index >= 15 is 0 Å². The van der Waals surface area contributed by atoms with Crippen molar-refractivity contribution in [1.29, 1.82) is 0 Å². The van der Waals surface area contributed by atoms with Gasteiger partial charge in [0.05, 0.1) is 0 Å². The lowest BCUT2D eigenvalue weighted by molar-refractivity contribution is 0.628. The lowest BCUT2D eigenvalue weighted by Crippen LogP contribution is -2.05. The Morgan fingerprint density at radius 2 is 1.38 bits per heavy atom. The van der Waals surface area contributed by atoms with Crippen LogP contribution in [0.4, 0.5) is 33.1 Å². The quantitative estimate of drug-likeness (QED) is 0.654. The molecule has 3 rings (SSSR count). The summed E-state index contributed by atoms with van der Waals surface area (Å²) >= 11 is 0. The summed E-state index contributed by atoms with van der Waals surface area (Å²) < 4.78 is 13.0. The second-order valence-electron chi connectivity index (χ2n) is 5.29. The molecule has 0 spiro atoms. The summed E-state index contributed by atoms with van der Waals surface area (Å²) in [5, 5.41) is 6.24. The second-order valence-corrected chi connectivity index (χ2v) is 5.29. The van der Waals surface area contributed by atoms with Gasteiger partial charge in [0.1, 0.15) is 17.8 Å². The number of nitrogens with zero attached hydrogens (tertiary/aromatic N) is 2. The molecule has 1 aromatic heterocycles. The zero-order valence-electron chi connectivity index (χ0n) is 13.3. The molecule has 0 fully saturated rings. The molecule has 0 aliphatic heterocycles. The topological polar surface area (TPSA) is 75.9 Å². The molecule has 1 heterocycles. The van der Waals surface area contributed by atoms with E-state index in [1.165, 1.54) is 24.0 Å². The fourth-order valence-electron chi connectivity index (χ4n) is 2.23. The van der Waals surface area contributed by atoms with Crippen molar-refractivity contribution in [3.63, 3.8) is 0 Å². The summed E-state index contributed by atoms with van der Waals surface area (Å²) in [6.07, 6.45) is 2.41. The highest BCUT2D eigenvalue weighted by molar-refractivity contribution is 5.80. The van der Waals surface area contributed by atoms with Gasteiger partial charge in [-0.25, -0.2) is 14.4 Å². The van der Waals surface area contributed by atoms with Crippen LogP contribution in [0.3, 0.4) is 0 Å². The van der Waals surface area contributed by atoms with Crippen molar-refractivity contribution in [1.82, 2.24) is 9.97 Å². The molecule has 0 aliphatic carbocycles. The van der Waals surface area contributed by atoms with E-state index < -0.39 is 0 Å². The SMILES string of the molecule is CCc1ccc(Nc2ncnc(Nc3ccc(F)cc3)c2N)cc1. The molecule has 0 bridgehead atoms. The minimum absolute atomic E-state index is 0.297. The third-order valence-electron chi connectivity index (χ3n) is 3.62. The molecule has 4 N–H and O–H groups in total. The van der Waals surface area contributed by atoms with Crippen molar-refractivity contribution < 1.29 is 4.39 Å². The fraction of sp³-hybridized carbons (Fsp3) is 0.111. The highest BCUT2D eigenvalue weighted by Crippen LogP contribution is 2.28. The normalized spacial score (nSPS) is 10.4. The average molecular weight is 323 g/mol. The maximum absolute atomic E-state index is 13.0. The first-order valence-corrected chi connectivity index (χ1v) is 7.64. The van der Waals surface area contributed by atoms with Crippen LogP contribution < -0.4 is 16.4 Å². The van der Waals surface area contributed by atoms with Crippen LogP contribution in [-0.2, 0) is 6.42 Å². The van der Waals surface area contributed by atoms with E-state index in [2.05, 4.69) is 39.7 Å². The molecule has 0 saturated heterocycles. The zero-order valence-corrected chi connectivity index (χ0v) is 13.3. The Kier molecular flexibility index (Phi) is 4.56. The van der Waals surface area contributed by atoms with Crippen molar-refractivity contribution in [2.45, 2.75) is 13.3 Å². The molecule has 3 aromatic rings. The summed E-state index contributed by atoms with van der Waals surface area (Å²) in [6.45, 7) is 2.11. The monoisotopic (exact) mass is 323 g/mol. The van der Waals surface area contributed by atoms with Gasteiger partial charge in [-0.1, -0.05) is 19.1 Å². The molecule has 0 saturated carbocycles. The van der Waals surface area contributed by atoms with Crippen molar-refractivity contribution in [3.8, 4) is 0 Å². The van der Waals surface area contributed by atoms with Gasteiger partial charge in [-0.2, -0.15) is 0 Å². The number of benzene rings is 2. The predicted molar refractivity (Wildman–Crippen MR) is 95.2 cm³/mol. The molecule has 2 aromatic carbocycles. The van der Waals surface area contributed by atoms with Crippen molar-refractivity contribution in [2.24, 2.45) is 0 Å². The Bertz CT molecular complexity index is 816. The van der Waals surface area contributed by atoms with E-state index in [-0.39, 0.29) is 5.82 Å². The molecular weight excluding hydrogens is 305 g/mol. The highest BCUT2D eigenvalue weighted by atomic mass is 19.1. The fourth-order valence-corrected chi connectivity index (χ4v) is 2.23. The number of aromatic nitrogens is 2. The van der Waals surface area contributed by atoms with Crippen molar-refractivity contribution in [2.75, 3.05) is 16.4 Å². The molecule has 122 valence electrons. The molecule has 6 heteroatoms. The Balaban J connectivity index is 1.80. The molecule has 0 aliphatic rings. The predicted octanol–water partition coefficient (Wildman–Crippen LogP) is 4.25. The average Bonchev–Trinajstić information content (AvgIpc) is 2.61. The van der Waals surface area contributed by atoms with Gasteiger partial charge < -0.3 is 16.4 Å². The van der Waals surface area contributed by atoms with E-state index in [1.54, 1.807) is 12.1 Å². The van der Waals surface area contributed by atoms with Crippen LogP contribution in [-0.4, -0.2) is 9.97 Å². The van der Waals surface area contributed by atoms with E-state index in [1.807, 2.05) is 12.1 Å². The molecule has 0 amide bonds. The van der Waals surface area contributed by atoms with E-state index in [4.69, 9.17) is 5.73 Å². The Morgan fingerprint density at radius 1 is 0.875 bits per heavy atom. The Hall–Kier alpha value is -3.15. The van der Waals surface area contributed by atoms with Gasteiger partial charge in [-0.05, 0) is 48.4 Å². The summed E-state index contributed by atoms with van der Waals surface area (Å²) in [5.41, 5.74) is 9.38. The van der Waals surface area contributed by atoms with Crippen LogP contribution in [0.2, 0.25) is 0 Å². The van der Waals surface area contributed by atoms with E-state index in [0.29, 0.717) is 23.0 Å². The number of hydrogen-bond donors (Lipinski definition) is 3. The first kappa shape index (κ1) is 15.7. The zero-order chi connectivity index (χ0) is 16.9. The first-order valence-electron chi connectivity index (χ1n) is 7.64. The Morgan fingerprint density at radius 3 is 1.88 bits per heavy atom. The van der Waals surface area contributed by atoms with Crippen LogP contribution in [0, 0.1) is 5.82 Å². The standard InChI is InChI=1S/C18H18FN5/c1-2-12-3-7-14(8-4-12)23-17-16(20)18(22-11-21-17)24-15-9-5-13(19)6-10-15/h3-11H,2,20H2,1H3,(H2,21,22,23,24). The lowest BCUT2D eigenvalue weighted by atomic mass is 10.1. The first-order chi connectivity index (χ1) is 11.7. The lowest BCUT2D eigenvalue weighted by Gasteiger charge is -2.12. The number of hydrogen-bond acceptors (Lipinski definition) is 5. The number of nitrogen functional groups attached to an aromatic ring is 1. The number of nitrogens with two attached hydrogens (primary N) is 1.